The van der Waals surface area contributed by atoms with E-state index in [1.54, 1.807) is 4.68 Å². The Labute approximate surface area is 166 Å². The van der Waals surface area contributed by atoms with Gasteiger partial charge in [0, 0.05) is 18.8 Å². The molecule has 28 heavy (non-hydrogen) atoms. The molecule has 1 amide bonds. The fraction of sp³-hybridized carbons (Fsp3) is 0.565. The van der Waals surface area contributed by atoms with Gasteiger partial charge in [0.1, 0.15) is 5.75 Å². The van der Waals surface area contributed by atoms with Gasteiger partial charge in [-0.2, -0.15) is 5.10 Å². The molecule has 0 spiro atoms. The van der Waals surface area contributed by atoms with Gasteiger partial charge in [0.2, 0.25) is 0 Å². The number of para-hydroxylation sites is 1. The molecule has 5 heteroatoms. The molecule has 1 heterocycles. The second-order valence-electron chi connectivity index (χ2n) is 9.29. The molecule has 5 nitrogen and oxygen atoms in total. The van der Waals surface area contributed by atoms with Crippen molar-refractivity contribution in [3.63, 3.8) is 0 Å². The van der Waals surface area contributed by atoms with E-state index in [2.05, 4.69) is 5.10 Å². The van der Waals surface area contributed by atoms with Crippen LogP contribution < -0.4 is 4.74 Å². The highest BCUT2D eigenvalue weighted by Gasteiger charge is 2.53. The topological polar surface area (TPSA) is 47.4 Å². The summed E-state index contributed by atoms with van der Waals surface area (Å²) in [4.78, 5) is 15.2. The average Bonchev–Trinajstić information content (AvgIpc) is 3.14. The number of benzene rings is 1. The van der Waals surface area contributed by atoms with E-state index in [1.807, 2.05) is 55.4 Å². The van der Waals surface area contributed by atoms with Crippen LogP contribution in [0.5, 0.6) is 5.75 Å². The second-order valence-corrected chi connectivity index (χ2v) is 9.29. The van der Waals surface area contributed by atoms with Crippen LogP contribution in [0.25, 0.3) is 0 Å². The Kier molecular flexibility index (Phi) is 4.22. The van der Waals surface area contributed by atoms with Crippen molar-refractivity contribution >= 4 is 5.91 Å². The van der Waals surface area contributed by atoms with Crippen LogP contribution in [0.1, 0.15) is 54.6 Å². The summed E-state index contributed by atoms with van der Waals surface area (Å²) in [5.74, 6) is 3.36. The maximum absolute atomic E-state index is 13.2. The lowest BCUT2D eigenvalue weighted by Crippen LogP contribution is -2.60. The summed E-state index contributed by atoms with van der Waals surface area (Å²) < 4.78 is 7.55. The number of hydrogen-bond donors (Lipinski definition) is 0. The van der Waals surface area contributed by atoms with Crippen LogP contribution in [0.2, 0.25) is 0 Å². The van der Waals surface area contributed by atoms with Gasteiger partial charge in [0.05, 0.1) is 0 Å². The maximum atomic E-state index is 13.2. The van der Waals surface area contributed by atoms with Crippen molar-refractivity contribution in [2.24, 2.45) is 17.8 Å². The molecule has 0 radical (unpaired) electrons. The number of aryl methyl sites for hydroxylation is 1. The number of nitrogens with zero attached hydrogens (tertiary/aromatic N) is 3. The van der Waals surface area contributed by atoms with E-state index in [4.69, 9.17) is 4.74 Å². The molecule has 0 atom stereocenters. The van der Waals surface area contributed by atoms with Crippen LogP contribution in [0.3, 0.4) is 0 Å². The molecule has 1 aromatic carbocycles. The third kappa shape index (κ3) is 3.01. The number of carbonyl (C=O) groups excluding carboxylic acids is 1. The quantitative estimate of drug-likeness (QED) is 0.779. The minimum atomic E-state index is 0.0524. The molecule has 2 aromatic rings. The summed E-state index contributed by atoms with van der Waals surface area (Å²) >= 11 is 0. The number of aromatic nitrogens is 2. The lowest BCUT2D eigenvalue weighted by molar-refractivity contribution is -0.0667. The van der Waals surface area contributed by atoms with Crippen molar-refractivity contribution in [2.75, 3.05) is 7.05 Å². The molecule has 1 aromatic heterocycles. The predicted molar refractivity (Wildman–Crippen MR) is 107 cm³/mol. The minimum Gasteiger partial charge on any atom is -0.471 e. The lowest BCUT2D eigenvalue weighted by Gasteiger charge is -2.59. The molecule has 0 N–H and O–H groups in total. The Morgan fingerprint density at radius 1 is 1.14 bits per heavy atom. The van der Waals surface area contributed by atoms with Crippen molar-refractivity contribution in [1.82, 2.24) is 14.7 Å². The number of amides is 1. The first-order valence-corrected chi connectivity index (χ1v) is 10.5. The summed E-state index contributed by atoms with van der Waals surface area (Å²) in [5, 5.41) is 4.50. The van der Waals surface area contributed by atoms with E-state index < -0.39 is 0 Å². The molecule has 4 saturated carbocycles. The molecule has 4 aliphatic carbocycles. The van der Waals surface area contributed by atoms with Gasteiger partial charge in [-0.25, -0.2) is 4.68 Å². The van der Waals surface area contributed by atoms with Gasteiger partial charge in [0.25, 0.3) is 5.91 Å². The first-order valence-electron chi connectivity index (χ1n) is 10.5. The second kappa shape index (κ2) is 6.64. The van der Waals surface area contributed by atoms with Crippen molar-refractivity contribution in [3.8, 4) is 5.75 Å². The first kappa shape index (κ1) is 17.8. The molecule has 0 aliphatic heterocycles. The summed E-state index contributed by atoms with van der Waals surface area (Å²) in [6.45, 7) is 2.33. The Hall–Kier alpha value is -2.30. The smallest absolute Gasteiger partial charge is 0.274 e. The van der Waals surface area contributed by atoms with E-state index >= 15 is 0 Å². The molecule has 4 bridgehead atoms. The normalized spacial score (nSPS) is 30.4. The van der Waals surface area contributed by atoms with Crippen LogP contribution in [-0.2, 0) is 6.73 Å². The number of rotatable bonds is 5. The van der Waals surface area contributed by atoms with Crippen LogP contribution in [-0.4, -0.2) is 33.2 Å². The summed E-state index contributed by atoms with van der Waals surface area (Å²) in [5.41, 5.74) is 1.67. The van der Waals surface area contributed by atoms with Crippen LogP contribution in [0, 0.1) is 24.7 Å². The third-order valence-corrected chi connectivity index (χ3v) is 7.33. The van der Waals surface area contributed by atoms with Gasteiger partial charge < -0.3 is 9.64 Å². The van der Waals surface area contributed by atoms with Gasteiger partial charge in [0.15, 0.2) is 12.4 Å². The zero-order valence-electron chi connectivity index (χ0n) is 16.8. The van der Waals surface area contributed by atoms with Gasteiger partial charge >= 0.3 is 0 Å². The summed E-state index contributed by atoms with van der Waals surface area (Å²) in [6, 6.07) is 9.74. The standard InChI is InChI=1S/C23H29N3O2/c1-16-5-3-4-6-21(16)28-15-26-8-7-20(24-26)22(27)25(2)23-12-17-9-18(13-23)11-19(10-17)14-23/h3-8,17-19H,9-15H2,1-2H3. The maximum Gasteiger partial charge on any atom is 0.274 e. The van der Waals surface area contributed by atoms with Crippen molar-refractivity contribution < 1.29 is 9.53 Å². The van der Waals surface area contributed by atoms with E-state index in [-0.39, 0.29) is 11.4 Å². The fourth-order valence-electron chi connectivity index (χ4n) is 6.26. The van der Waals surface area contributed by atoms with Crippen molar-refractivity contribution in [3.05, 3.63) is 47.8 Å². The van der Waals surface area contributed by atoms with E-state index in [9.17, 15) is 4.79 Å². The van der Waals surface area contributed by atoms with Crippen molar-refractivity contribution in [2.45, 2.75) is 57.7 Å². The fourth-order valence-corrected chi connectivity index (χ4v) is 6.26. The third-order valence-electron chi connectivity index (χ3n) is 7.33. The number of ether oxygens (including phenoxy) is 1. The summed E-state index contributed by atoms with van der Waals surface area (Å²) in [6.07, 6.45) is 9.51. The molecule has 4 fully saturated rings. The van der Waals surface area contributed by atoms with Crippen LogP contribution in [0.15, 0.2) is 36.5 Å². The van der Waals surface area contributed by atoms with E-state index in [0.29, 0.717) is 12.4 Å². The highest BCUT2D eigenvalue weighted by atomic mass is 16.5. The predicted octanol–water partition coefficient (Wildman–Crippen LogP) is 4.27. The molecule has 0 saturated heterocycles. The molecular weight excluding hydrogens is 350 g/mol. The zero-order valence-corrected chi connectivity index (χ0v) is 16.8. The van der Waals surface area contributed by atoms with Gasteiger partial charge in [-0.05, 0) is 80.9 Å². The lowest BCUT2D eigenvalue weighted by atomic mass is 9.52. The van der Waals surface area contributed by atoms with E-state index in [0.717, 1.165) is 29.1 Å². The zero-order chi connectivity index (χ0) is 19.3. The highest BCUT2D eigenvalue weighted by molar-refractivity contribution is 5.92. The van der Waals surface area contributed by atoms with Gasteiger partial charge in [-0.15, -0.1) is 0 Å². The number of carbonyl (C=O) groups is 1. The van der Waals surface area contributed by atoms with E-state index in [1.165, 1.54) is 38.5 Å². The Morgan fingerprint density at radius 2 is 1.79 bits per heavy atom. The van der Waals surface area contributed by atoms with Crippen molar-refractivity contribution in [1.29, 1.82) is 0 Å². The largest absolute Gasteiger partial charge is 0.471 e. The van der Waals surface area contributed by atoms with Gasteiger partial charge in [-0.1, -0.05) is 18.2 Å². The van der Waals surface area contributed by atoms with Crippen LogP contribution >= 0.6 is 0 Å². The first-order chi connectivity index (χ1) is 13.5. The SMILES string of the molecule is Cc1ccccc1OCn1ccc(C(=O)N(C)C23CC4CC(CC(C4)C2)C3)n1. The Morgan fingerprint density at radius 3 is 2.43 bits per heavy atom. The molecule has 0 unspecified atom stereocenters. The molecular formula is C23H29N3O2. The molecule has 4 aliphatic rings. The Bertz CT molecular complexity index is 852. The average molecular weight is 380 g/mol. The highest BCUT2D eigenvalue weighted by Crippen LogP contribution is 2.57. The molecule has 6 rings (SSSR count). The van der Waals surface area contributed by atoms with Crippen LogP contribution in [0.4, 0.5) is 0 Å². The minimum absolute atomic E-state index is 0.0524. The summed E-state index contributed by atoms with van der Waals surface area (Å²) in [7, 11) is 2.00. The Balaban J connectivity index is 1.28. The number of hydrogen-bond acceptors (Lipinski definition) is 3. The van der Waals surface area contributed by atoms with Gasteiger partial charge in [-0.3, -0.25) is 4.79 Å². The molecule has 148 valence electrons. The monoisotopic (exact) mass is 379 g/mol.